The Labute approximate surface area is 352 Å². The molecule has 2 heterocycles. The minimum absolute atomic E-state index is 0.235. The molecule has 3 heteroatoms. The van der Waals surface area contributed by atoms with Gasteiger partial charge < -0.3 is 4.42 Å². The normalized spacial score (nSPS) is 12.9. The van der Waals surface area contributed by atoms with Crippen LogP contribution in [0, 0.1) is 12.3 Å². The molecule has 0 unspecified atom stereocenters. The third-order valence-electron chi connectivity index (χ3n) is 11.8. The van der Waals surface area contributed by atoms with Crippen molar-refractivity contribution >= 4 is 33.0 Å². The van der Waals surface area contributed by atoms with Gasteiger partial charge in [-0.3, -0.25) is 0 Å². The Bertz CT molecular complexity index is 3060. The van der Waals surface area contributed by atoms with Crippen LogP contribution in [0.25, 0.3) is 83.4 Å². The Balaban J connectivity index is 1.21. The van der Waals surface area contributed by atoms with Crippen molar-refractivity contribution in [3.8, 4) is 50.5 Å². The van der Waals surface area contributed by atoms with Gasteiger partial charge >= 0.3 is 0 Å². The molecule has 0 aliphatic rings. The van der Waals surface area contributed by atoms with Crippen molar-refractivity contribution in [2.45, 2.75) is 73.6 Å². The Morgan fingerprint density at radius 1 is 0.610 bits per heavy atom. The van der Waals surface area contributed by atoms with E-state index in [9.17, 15) is 0 Å². The van der Waals surface area contributed by atoms with Crippen LogP contribution in [-0.4, -0.2) is 4.57 Å². The summed E-state index contributed by atoms with van der Waals surface area (Å²) in [6.07, 6.45) is -1.43. The minimum atomic E-state index is -1.43. The molecule has 294 valence electrons. The number of fused-ring (bicyclic) bond motifs is 4. The number of nitrogens with zero attached hydrogens (tertiary/aromatic N) is 2. The molecule has 0 atom stereocenters. The van der Waals surface area contributed by atoms with Crippen LogP contribution < -0.4 is 4.57 Å². The molecule has 7 aromatic carbocycles. The number of aryl methyl sites for hydroxylation is 2. The van der Waals surface area contributed by atoms with Crippen molar-refractivity contribution in [1.29, 1.82) is 0 Å². The summed E-state index contributed by atoms with van der Waals surface area (Å²) in [5.74, 6) is 1.56. The molecule has 3 nitrogen and oxygen atoms in total. The molecule has 0 saturated heterocycles. The van der Waals surface area contributed by atoms with Crippen molar-refractivity contribution < 1.29 is 11.7 Å². The lowest BCUT2D eigenvalue weighted by molar-refractivity contribution is -0.633. The molecule has 0 radical (unpaired) electrons. The smallest absolute Gasteiger partial charge is 0.299 e. The van der Waals surface area contributed by atoms with Gasteiger partial charge in [-0.15, -0.1) is 0 Å². The van der Waals surface area contributed by atoms with Crippen LogP contribution in [0.15, 0.2) is 150 Å². The molecule has 0 saturated carbocycles. The van der Waals surface area contributed by atoms with Gasteiger partial charge in [0, 0.05) is 24.6 Å². The fourth-order valence-corrected chi connectivity index (χ4v) is 8.87. The van der Waals surface area contributed by atoms with E-state index in [0.717, 1.165) is 66.6 Å². The number of benzene rings is 7. The van der Waals surface area contributed by atoms with Crippen molar-refractivity contribution in [2.75, 3.05) is 0 Å². The molecule has 0 aliphatic carbocycles. The molecule has 9 rings (SSSR count). The minimum Gasteiger partial charge on any atom is -0.455 e. The number of imidazole rings is 1. The van der Waals surface area contributed by atoms with Crippen molar-refractivity contribution in [3.63, 3.8) is 0 Å². The van der Waals surface area contributed by atoms with Gasteiger partial charge in [0.25, 0.3) is 5.82 Å². The standard InChI is InChI=1S/C56H55N2O/c1-35(2)47-31-44(42-26-24-41(25-27-42)40-22-20-38(21-23-40)34-56(6,7)8)32-48(36(3)4)53(47)58-50-18-14-13-17-49(50)57(9)55(58)52-37(5)19-29-46-45-30-28-43(33-51(45)59-54(46)52)39-15-11-10-12-16-39/h10-33,35-36H,34H2,1-9H3/q+1/i34D2. The monoisotopic (exact) mass is 773 g/mol. The first-order valence-corrected chi connectivity index (χ1v) is 21.0. The summed E-state index contributed by atoms with van der Waals surface area (Å²) in [6, 6.07) is 52.0. The van der Waals surface area contributed by atoms with E-state index in [1.807, 2.05) is 45.0 Å². The number of hydrogen-bond donors (Lipinski definition) is 0. The predicted octanol–water partition coefficient (Wildman–Crippen LogP) is 15.2. The molecule has 9 aromatic rings. The lowest BCUT2D eigenvalue weighted by Crippen LogP contribution is -2.30. The molecule has 0 bridgehead atoms. The lowest BCUT2D eigenvalue weighted by atomic mass is 9.87. The topological polar surface area (TPSA) is 21.9 Å². The van der Waals surface area contributed by atoms with Gasteiger partial charge in [0.15, 0.2) is 16.6 Å². The van der Waals surface area contributed by atoms with Crippen molar-refractivity contribution in [1.82, 2.24) is 4.57 Å². The second kappa shape index (κ2) is 14.9. The van der Waals surface area contributed by atoms with E-state index in [2.05, 4.69) is 172 Å². The van der Waals surface area contributed by atoms with E-state index in [1.54, 1.807) is 0 Å². The van der Waals surface area contributed by atoms with Gasteiger partial charge in [-0.1, -0.05) is 158 Å². The number of aromatic nitrogens is 2. The molecule has 0 amide bonds. The van der Waals surface area contributed by atoms with Crippen molar-refractivity contribution in [2.24, 2.45) is 12.5 Å². The number of para-hydroxylation sites is 2. The zero-order valence-electron chi connectivity index (χ0n) is 37.8. The Hall–Kier alpha value is -6.19. The Kier molecular flexibility index (Phi) is 9.06. The zero-order chi connectivity index (χ0) is 43.0. The third kappa shape index (κ3) is 6.97. The van der Waals surface area contributed by atoms with Crippen LogP contribution in [0.3, 0.4) is 0 Å². The van der Waals surface area contributed by atoms with Gasteiger partial charge in [0.1, 0.15) is 16.8 Å². The molecular formula is C56H55N2O+. The highest BCUT2D eigenvalue weighted by Crippen LogP contribution is 2.44. The average Bonchev–Trinajstić information content (AvgIpc) is 3.77. The maximum atomic E-state index is 8.73. The van der Waals surface area contributed by atoms with Crippen molar-refractivity contribution in [3.05, 3.63) is 168 Å². The number of furan rings is 1. The molecule has 0 N–H and O–H groups in total. The van der Waals surface area contributed by atoms with E-state index in [-0.39, 0.29) is 11.8 Å². The predicted molar refractivity (Wildman–Crippen MR) is 250 cm³/mol. The van der Waals surface area contributed by atoms with Crippen LogP contribution in [0.2, 0.25) is 0 Å². The van der Waals surface area contributed by atoms with Crippen LogP contribution in [0.5, 0.6) is 0 Å². The van der Waals surface area contributed by atoms with E-state index in [1.165, 1.54) is 33.5 Å². The highest BCUT2D eigenvalue weighted by molar-refractivity contribution is 6.10. The van der Waals surface area contributed by atoms with Gasteiger partial charge in [-0.2, -0.15) is 4.57 Å². The summed E-state index contributed by atoms with van der Waals surface area (Å²) in [4.78, 5) is 0. The molecule has 0 fully saturated rings. The fraction of sp³-hybridized carbons (Fsp3) is 0.232. The summed E-state index contributed by atoms with van der Waals surface area (Å²) in [7, 11) is 2.19. The Morgan fingerprint density at radius 3 is 1.78 bits per heavy atom. The van der Waals surface area contributed by atoms with Crippen LogP contribution >= 0.6 is 0 Å². The largest absolute Gasteiger partial charge is 0.455 e. The quantitative estimate of drug-likeness (QED) is 0.141. The molecular weight excluding hydrogens is 717 g/mol. The summed E-state index contributed by atoms with van der Waals surface area (Å²) in [5, 5.41) is 2.23. The second-order valence-corrected chi connectivity index (χ2v) is 17.9. The van der Waals surface area contributed by atoms with E-state index in [0.29, 0.717) is 5.56 Å². The maximum Gasteiger partial charge on any atom is 0.299 e. The number of hydrogen-bond acceptors (Lipinski definition) is 1. The zero-order valence-corrected chi connectivity index (χ0v) is 35.8. The summed E-state index contributed by atoms with van der Waals surface area (Å²) >= 11 is 0. The first kappa shape index (κ1) is 35.9. The Morgan fingerprint density at radius 2 is 1.15 bits per heavy atom. The van der Waals surface area contributed by atoms with E-state index in [4.69, 9.17) is 7.16 Å². The first-order chi connectivity index (χ1) is 29.1. The fourth-order valence-electron chi connectivity index (χ4n) is 8.87. The van der Waals surface area contributed by atoms with Crippen LogP contribution in [0.4, 0.5) is 0 Å². The molecule has 2 aromatic heterocycles. The third-order valence-corrected chi connectivity index (χ3v) is 11.8. The van der Waals surface area contributed by atoms with Gasteiger partial charge in [-0.05, 0) is 111 Å². The highest BCUT2D eigenvalue weighted by atomic mass is 16.3. The first-order valence-electron chi connectivity index (χ1n) is 22.0. The second-order valence-electron chi connectivity index (χ2n) is 17.9. The molecule has 0 aliphatic heterocycles. The van der Waals surface area contributed by atoms with Crippen LogP contribution in [0.1, 0.15) is 85.3 Å². The highest BCUT2D eigenvalue weighted by Gasteiger charge is 2.34. The summed E-state index contributed by atoms with van der Waals surface area (Å²) in [6.45, 7) is 17.3. The van der Waals surface area contributed by atoms with Gasteiger partial charge in [0.2, 0.25) is 0 Å². The molecule has 0 spiro atoms. The summed E-state index contributed by atoms with van der Waals surface area (Å²) < 4.78 is 29.3. The number of rotatable bonds is 8. The maximum absolute atomic E-state index is 8.73. The lowest BCUT2D eigenvalue weighted by Gasteiger charge is -2.21. The SMILES string of the molecule is [2H]C([2H])(c1ccc(-c2ccc(-c3cc(C(C)C)c(-n4c(-c5c(C)ccc6c5oc5cc(-c7ccccc7)ccc56)[n+](C)c5ccccc54)c(C(C)C)c3)cc2)cc1)C(C)(C)C. The van der Waals surface area contributed by atoms with E-state index < -0.39 is 11.8 Å². The summed E-state index contributed by atoms with van der Waals surface area (Å²) in [5.41, 5.74) is 17.2. The average molecular weight is 774 g/mol. The van der Waals surface area contributed by atoms with Gasteiger partial charge in [0.05, 0.1) is 7.05 Å². The van der Waals surface area contributed by atoms with E-state index >= 15 is 0 Å². The van der Waals surface area contributed by atoms with Gasteiger partial charge in [-0.25, -0.2) is 4.57 Å². The van der Waals surface area contributed by atoms with Crippen LogP contribution in [-0.2, 0) is 13.4 Å². The molecule has 59 heavy (non-hydrogen) atoms.